The second-order valence-corrected chi connectivity index (χ2v) is 7.68. The normalized spacial score (nSPS) is 15.1. The number of benzene rings is 1. The van der Waals surface area contributed by atoms with Gasteiger partial charge >= 0.3 is 0 Å². The molecule has 1 saturated heterocycles. The minimum Gasteiger partial charge on any atom is -0.493 e. The van der Waals surface area contributed by atoms with Crippen LogP contribution in [-0.2, 0) is 9.59 Å². The molecule has 2 amide bonds. The van der Waals surface area contributed by atoms with E-state index in [1.54, 1.807) is 6.07 Å². The highest BCUT2D eigenvalue weighted by Gasteiger charge is 2.22. The van der Waals surface area contributed by atoms with Crippen molar-refractivity contribution in [1.29, 1.82) is 0 Å². The molecule has 7 heteroatoms. The number of nitrogens with one attached hydrogen (secondary N) is 1. The lowest BCUT2D eigenvalue weighted by atomic mass is 10.2. The number of halogens is 1. The Balaban J connectivity index is 1.64. The first-order valence-electron chi connectivity index (χ1n) is 9.53. The van der Waals surface area contributed by atoms with Gasteiger partial charge in [-0.1, -0.05) is 11.6 Å². The van der Waals surface area contributed by atoms with E-state index < -0.39 is 0 Å². The van der Waals surface area contributed by atoms with Gasteiger partial charge in [0.15, 0.2) is 0 Å². The quantitative estimate of drug-likeness (QED) is 0.687. The van der Waals surface area contributed by atoms with Gasteiger partial charge < -0.3 is 15.0 Å². The second kappa shape index (κ2) is 10.5. The molecule has 1 aliphatic rings. The zero-order valence-corrected chi connectivity index (χ0v) is 17.2. The summed E-state index contributed by atoms with van der Waals surface area (Å²) in [5.74, 6) is 0.997. The average molecular weight is 396 g/mol. The predicted octanol–water partition coefficient (Wildman–Crippen LogP) is 2.48. The summed E-state index contributed by atoms with van der Waals surface area (Å²) in [6.45, 7) is 9.57. The Labute approximate surface area is 166 Å². The molecule has 1 N–H and O–H groups in total. The summed E-state index contributed by atoms with van der Waals surface area (Å²) >= 11 is 5.93. The van der Waals surface area contributed by atoms with Crippen LogP contribution in [0.2, 0.25) is 5.02 Å². The Hall–Kier alpha value is -1.79. The fourth-order valence-corrected chi connectivity index (χ4v) is 3.29. The van der Waals surface area contributed by atoms with Gasteiger partial charge in [0.05, 0.1) is 13.2 Å². The molecule has 1 fully saturated rings. The van der Waals surface area contributed by atoms with Gasteiger partial charge in [-0.2, -0.15) is 0 Å². The number of piperazine rings is 1. The highest BCUT2D eigenvalue weighted by atomic mass is 35.5. The smallest absolute Gasteiger partial charge is 0.234 e. The summed E-state index contributed by atoms with van der Waals surface area (Å²) in [5.41, 5.74) is 0.992. The standard InChI is InChI=1S/C20H30ClN3O3/c1-15(2)22-19(25)14-23-8-10-24(11-9-23)20(26)5-4-12-27-18-7-6-17(21)13-16(18)3/h6-7,13,15H,4-5,8-12,14H2,1-3H3,(H,22,25). The maximum absolute atomic E-state index is 12.4. The lowest BCUT2D eigenvalue weighted by molar-refractivity contribution is -0.133. The maximum Gasteiger partial charge on any atom is 0.234 e. The maximum atomic E-state index is 12.4. The molecule has 0 bridgehead atoms. The van der Waals surface area contributed by atoms with Gasteiger partial charge in [0.25, 0.3) is 0 Å². The highest BCUT2D eigenvalue weighted by molar-refractivity contribution is 6.30. The number of carbonyl (C=O) groups is 2. The van der Waals surface area contributed by atoms with Crippen molar-refractivity contribution in [3.8, 4) is 5.75 Å². The van der Waals surface area contributed by atoms with Crippen LogP contribution >= 0.6 is 11.6 Å². The Kier molecular flexibility index (Phi) is 8.38. The van der Waals surface area contributed by atoms with Crippen LogP contribution in [-0.4, -0.2) is 67.0 Å². The molecule has 0 spiro atoms. The summed E-state index contributed by atoms with van der Waals surface area (Å²) in [6.07, 6.45) is 1.15. The fourth-order valence-electron chi connectivity index (χ4n) is 3.06. The van der Waals surface area contributed by atoms with E-state index in [1.165, 1.54) is 0 Å². The van der Waals surface area contributed by atoms with E-state index in [1.807, 2.05) is 37.8 Å². The number of rotatable bonds is 8. The van der Waals surface area contributed by atoms with Gasteiger partial charge in [0.1, 0.15) is 5.75 Å². The molecular weight excluding hydrogens is 366 g/mol. The Morgan fingerprint density at radius 2 is 1.93 bits per heavy atom. The van der Waals surface area contributed by atoms with Gasteiger partial charge in [-0.15, -0.1) is 0 Å². The first-order valence-corrected chi connectivity index (χ1v) is 9.91. The summed E-state index contributed by atoms with van der Waals surface area (Å²) < 4.78 is 5.74. The number of nitrogens with zero attached hydrogens (tertiary/aromatic N) is 2. The van der Waals surface area contributed by atoms with E-state index in [0.717, 1.165) is 24.4 Å². The van der Waals surface area contributed by atoms with E-state index in [0.29, 0.717) is 44.1 Å². The van der Waals surface area contributed by atoms with E-state index in [2.05, 4.69) is 10.2 Å². The van der Waals surface area contributed by atoms with Crippen molar-refractivity contribution >= 4 is 23.4 Å². The van der Waals surface area contributed by atoms with Crippen LogP contribution in [0.25, 0.3) is 0 Å². The third-order valence-electron chi connectivity index (χ3n) is 4.47. The van der Waals surface area contributed by atoms with E-state index in [9.17, 15) is 9.59 Å². The summed E-state index contributed by atoms with van der Waals surface area (Å²) in [7, 11) is 0. The molecule has 150 valence electrons. The van der Waals surface area contributed by atoms with Crippen molar-refractivity contribution in [3.63, 3.8) is 0 Å². The number of carbonyl (C=O) groups excluding carboxylic acids is 2. The van der Waals surface area contributed by atoms with E-state index in [4.69, 9.17) is 16.3 Å². The van der Waals surface area contributed by atoms with Crippen molar-refractivity contribution in [2.75, 3.05) is 39.3 Å². The minimum absolute atomic E-state index is 0.0411. The van der Waals surface area contributed by atoms with E-state index >= 15 is 0 Å². The average Bonchev–Trinajstić information content (AvgIpc) is 2.60. The van der Waals surface area contributed by atoms with Crippen LogP contribution in [0.3, 0.4) is 0 Å². The molecule has 1 aromatic carbocycles. The first kappa shape index (κ1) is 21.5. The fraction of sp³-hybridized carbons (Fsp3) is 0.600. The molecule has 0 atom stereocenters. The highest BCUT2D eigenvalue weighted by Crippen LogP contribution is 2.22. The second-order valence-electron chi connectivity index (χ2n) is 7.24. The zero-order chi connectivity index (χ0) is 19.8. The molecule has 6 nitrogen and oxygen atoms in total. The molecule has 0 radical (unpaired) electrons. The molecule has 1 heterocycles. The topological polar surface area (TPSA) is 61.9 Å². The number of aryl methyl sites for hydroxylation is 1. The van der Waals surface area contributed by atoms with Gasteiger partial charge in [0.2, 0.25) is 11.8 Å². The number of ether oxygens (including phenoxy) is 1. The zero-order valence-electron chi connectivity index (χ0n) is 16.5. The van der Waals surface area contributed by atoms with Crippen molar-refractivity contribution in [1.82, 2.24) is 15.1 Å². The largest absolute Gasteiger partial charge is 0.493 e. The molecule has 0 aromatic heterocycles. The van der Waals surface area contributed by atoms with Crippen LogP contribution in [0.4, 0.5) is 0 Å². The monoisotopic (exact) mass is 395 g/mol. The molecule has 1 aromatic rings. The van der Waals surface area contributed by atoms with Crippen LogP contribution in [0, 0.1) is 6.92 Å². The van der Waals surface area contributed by atoms with Crippen LogP contribution in [0.5, 0.6) is 5.75 Å². The lowest BCUT2D eigenvalue weighted by Gasteiger charge is -2.34. The molecule has 0 saturated carbocycles. The Bertz CT molecular complexity index is 643. The van der Waals surface area contributed by atoms with Crippen molar-refractivity contribution in [2.45, 2.75) is 39.7 Å². The number of hydrogen-bond acceptors (Lipinski definition) is 4. The van der Waals surface area contributed by atoms with Crippen LogP contribution < -0.4 is 10.1 Å². The molecule has 27 heavy (non-hydrogen) atoms. The van der Waals surface area contributed by atoms with Crippen molar-refractivity contribution < 1.29 is 14.3 Å². The van der Waals surface area contributed by atoms with E-state index in [-0.39, 0.29) is 17.9 Å². The molecule has 2 rings (SSSR count). The molecular formula is C20H30ClN3O3. The Morgan fingerprint density at radius 1 is 1.22 bits per heavy atom. The van der Waals surface area contributed by atoms with Gasteiger partial charge in [-0.25, -0.2) is 0 Å². The third kappa shape index (κ3) is 7.39. The first-order chi connectivity index (χ1) is 12.8. The van der Waals surface area contributed by atoms with Crippen LogP contribution in [0.15, 0.2) is 18.2 Å². The summed E-state index contributed by atoms with van der Waals surface area (Å²) in [5, 5.41) is 3.59. The minimum atomic E-state index is 0.0411. The SMILES string of the molecule is Cc1cc(Cl)ccc1OCCCC(=O)N1CCN(CC(=O)NC(C)C)CC1. The van der Waals surface area contributed by atoms with Gasteiger partial charge in [-0.3, -0.25) is 14.5 Å². The van der Waals surface area contributed by atoms with Crippen LogP contribution in [0.1, 0.15) is 32.3 Å². The van der Waals surface area contributed by atoms with Crippen molar-refractivity contribution in [2.24, 2.45) is 0 Å². The van der Waals surface area contributed by atoms with Gasteiger partial charge in [-0.05, 0) is 51.0 Å². The van der Waals surface area contributed by atoms with Crippen molar-refractivity contribution in [3.05, 3.63) is 28.8 Å². The summed E-state index contributed by atoms with van der Waals surface area (Å²) in [6, 6.07) is 5.67. The Morgan fingerprint density at radius 3 is 2.56 bits per heavy atom. The number of hydrogen-bond donors (Lipinski definition) is 1. The number of amides is 2. The van der Waals surface area contributed by atoms with Gasteiger partial charge in [0, 0.05) is 43.7 Å². The summed E-state index contributed by atoms with van der Waals surface area (Å²) in [4.78, 5) is 28.1. The predicted molar refractivity (Wildman–Crippen MR) is 107 cm³/mol. The lowest BCUT2D eigenvalue weighted by Crippen LogP contribution is -2.51. The molecule has 0 unspecified atom stereocenters. The molecule has 1 aliphatic heterocycles. The third-order valence-corrected chi connectivity index (χ3v) is 4.71. The molecule has 0 aliphatic carbocycles.